The van der Waals surface area contributed by atoms with Crippen molar-refractivity contribution >= 4 is 21.8 Å². The summed E-state index contributed by atoms with van der Waals surface area (Å²) in [4.78, 5) is 4.72. The minimum Gasteiger partial charge on any atom is -0.509 e. The van der Waals surface area contributed by atoms with E-state index in [1.165, 1.54) is 28.9 Å². The Kier molecular flexibility index (Phi) is 12.2. The summed E-state index contributed by atoms with van der Waals surface area (Å²) >= 11 is 0. The number of aromatic nitrogens is 4. The van der Waals surface area contributed by atoms with Crippen molar-refractivity contribution in [3.63, 3.8) is 0 Å². The maximum absolute atomic E-state index is 6.66. The smallest absolute Gasteiger partial charge is 0.509 e. The van der Waals surface area contributed by atoms with Gasteiger partial charge in [0.2, 0.25) is 0 Å². The van der Waals surface area contributed by atoms with Crippen LogP contribution >= 0.6 is 0 Å². The van der Waals surface area contributed by atoms with Gasteiger partial charge < -0.3 is 14.0 Å². The number of hydrogen-bond acceptors (Lipinski definition) is 4. The molecule has 3 aromatic heterocycles. The number of nitrogens with zero attached hydrogens (tertiary/aromatic N) is 4. The van der Waals surface area contributed by atoms with Crippen molar-refractivity contribution in [3.05, 3.63) is 113 Å². The van der Waals surface area contributed by atoms with Gasteiger partial charge in [0.05, 0.1) is 12.8 Å². The summed E-state index contributed by atoms with van der Waals surface area (Å²) in [5.74, 6) is 5.47. The number of allylic oxidation sites excluding steroid dienone is 2. The fourth-order valence-electron chi connectivity index (χ4n) is 8.42. The summed E-state index contributed by atoms with van der Waals surface area (Å²) in [5, 5.41) is 7.69. The molecule has 6 aromatic rings. The van der Waals surface area contributed by atoms with Crippen LogP contribution in [0.25, 0.3) is 33.3 Å². The van der Waals surface area contributed by atoms with Crippen molar-refractivity contribution < 1.29 is 30.5 Å². The van der Waals surface area contributed by atoms with Gasteiger partial charge >= 0.3 is 21.1 Å². The van der Waals surface area contributed by atoms with E-state index < -0.39 is 0 Å². The average molecular weight is 902 g/mol. The van der Waals surface area contributed by atoms with Gasteiger partial charge in [-0.15, -0.1) is 35.7 Å². The SMILES string of the molecule is COc1ccnc(-n2c3[c-]c(Oc4[c-]c(-n5nc(CCC(C)C)c(C6C(C)=C[C@H](C)C[C@@H]6C)c5CCC(C)C)cc(C)c4)ccc3c3ccccc32)c1.[Pt+2]. The topological polar surface area (TPSA) is 54.1 Å². The maximum atomic E-state index is 6.66. The normalized spacial score (nSPS) is 17.3. The first-order valence-corrected chi connectivity index (χ1v) is 19.5. The van der Waals surface area contributed by atoms with Crippen molar-refractivity contribution in [3.8, 4) is 28.8 Å². The van der Waals surface area contributed by atoms with Crippen molar-refractivity contribution in [1.82, 2.24) is 19.3 Å². The molecule has 0 fully saturated rings. The van der Waals surface area contributed by atoms with Crippen molar-refractivity contribution in [1.29, 1.82) is 0 Å². The molecule has 3 aromatic carbocycles. The van der Waals surface area contributed by atoms with Crippen LogP contribution in [0.2, 0.25) is 0 Å². The zero-order chi connectivity index (χ0) is 37.4. The van der Waals surface area contributed by atoms with E-state index in [2.05, 4.69) is 125 Å². The third-order valence-corrected chi connectivity index (χ3v) is 10.8. The molecule has 1 aliphatic rings. The molecule has 3 heterocycles. The van der Waals surface area contributed by atoms with Crippen LogP contribution in [0.4, 0.5) is 0 Å². The monoisotopic (exact) mass is 901 g/mol. The minimum absolute atomic E-state index is 0. The molecule has 1 aliphatic carbocycles. The van der Waals surface area contributed by atoms with Crippen LogP contribution < -0.4 is 9.47 Å². The van der Waals surface area contributed by atoms with Crippen LogP contribution in [0.15, 0.2) is 78.5 Å². The number of rotatable bonds is 12. The largest absolute Gasteiger partial charge is 2.00 e. The molecule has 1 unspecified atom stereocenters. The predicted molar refractivity (Wildman–Crippen MR) is 217 cm³/mol. The molecule has 7 heteroatoms. The Bertz CT molecular complexity index is 2280. The maximum Gasteiger partial charge on any atom is 2.00 e. The van der Waals surface area contributed by atoms with Gasteiger partial charge in [0.1, 0.15) is 11.6 Å². The van der Waals surface area contributed by atoms with Gasteiger partial charge in [-0.3, -0.25) is 4.68 Å². The molecule has 0 radical (unpaired) electrons. The molecule has 3 atom stereocenters. The quantitative estimate of drug-likeness (QED) is 0.0907. The van der Waals surface area contributed by atoms with E-state index in [0.717, 1.165) is 70.3 Å². The predicted octanol–water partition coefficient (Wildman–Crippen LogP) is 12.0. The van der Waals surface area contributed by atoms with Gasteiger partial charge in [-0.2, -0.15) is 16.7 Å². The molecule has 6 nitrogen and oxygen atoms in total. The standard InChI is InChI=1S/C47H54N4O2.Pt/c1-29(2)14-18-41-47(46-33(7)22-31(5)23-34(46)8)43(19-15-30(3)4)51(49-41)35-24-32(6)25-38(26-35)53-37-16-17-40-39-12-10-11-13-42(39)50(44(40)27-37)45-28-36(52-9)20-21-48-45;/h10-13,16-17,20-22,24-25,28-31,34,46H,14-15,18-19,23H2,1-9H3;/q-2;+2/t31-,34-,46?;/m0./s1. The van der Waals surface area contributed by atoms with Crippen LogP contribution in [0.1, 0.15) is 96.2 Å². The molecule has 7 rings (SSSR count). The van der Waals surface area contributed by atoms with Gasteiger partial charge in [0.25, 0.3) is 0 Å². The molecular formula is C47H54N4O2Pt. The third-order valence-electron chi connectivity index (χ3n) is 10.8. The second-order valence-electron chi connectivity index (χ2n) is 16.2. The molecule has 0 bridgehead atoms. The average Bonchev–Trinajstić information content (AvgIpc) is 3.64. The third kappa shape index (κ3) is 8.10. The number of ether oxygens (including phenoxy) is 2. The van der Waals surface area contributed by atoms with Gasteiger partial charge in [-0.05, 0) is 85.9 Å². The molecule has 0 N–H and O–H groups in total. The Morgan fingerprint density at radius 1 is 0.870 bits per heavy atom. The number of methoxy groups -OCH3 is 1. The first kappa shape index (κ1) is 39.5. The molecule has 284 valence electrons. The Morgan fingerprint density at radius 3 is 2.37 bits per heavy atom. The van der Waals surface area contributed by atoms with Crippen LogP contribution in [-0.4, -0.2) is 26.4 Å². The van der Waals surface area contributed by atoms with E-state index in [1.807, 2.05) is 18.2 Å². The zero-order valence-corrected chi connectivity index (χ0v) is 35.5. The van der Waals surface area contributed by atoms with E-state index in [1.54, 1.807) is 13.3 Å². The molecule has 0 aliphatic heterocycles. The van der Waals surface area contributed by atoms with Gasteiger partial charge in [-0.25, -0.2) is 4.98 Å². The minimum atomic E-state index is 0. The van der Waals surface area contributed by atoms with E-state index in [9.17, 15) is 0 Å². The Balaban J connectivity index is 0.00000497. The number of benzene rings is 3. The van der Waals surface area contributed by atoms with E-state index >= 15 is 0 Å². The van der Waals surface area contributed by atoms with Gasteiger partial charge in [-0.1, -0.05) is 83.8 Å². The molecular weight excluding hydrogens is 848 g/mol. The van der Waals surface area contributed by atoms with Crippen LogP contribution in [0.5, 0.6) is 17.2 Å². The van der Waals surface area contributed by atoms with Crippen molar-refractivity contribution in [2.45, 2.75) is 93.4 Å². The van der Waals surface area contributed by atoms with Crippen LogP contribution in [0.3, 0.4) is 0 Å². The first-order chi connectivity index (χ1) is 25.5. The van der Waals surface area contributed by atoms with Crippen molar-refractivity contribution in [2.75, 3.05) is 7.11 Å². The van der Waals surface area contributed by atoms with Crippen LogP contribution in [0, 0.1) is 42.7 Å². The second kappa shape index (κ2) is 16.7. The molecule has 0 saturated heterocycles. The van der Waals surface area contributed by atoms with Gasteiger partial charge in [0, 0.05) is 46.5 Å². The summed E-state index contributed by atoms with van der Waals surface area (Å²) < 4.78 is 16.5. The number of fused-ring (bicyclic) bond motifs is 3. The van der Waals surface area contributed by atoms with Crippen LogP contribution in [-0.2, 0) is 33.9 Å². The van der Waals surface area contributed by atoms with Gasteiger partial charge in [0.15, 0.2) is 0 Å². The van der Waals surface area contributed by atoms with E-state index in [-0.39, 0.29) is 21.1 Å². The molecule has 0 saturated carbocycles. The Labute approximate surface area is 336 Å². The summed E-state index contributed by atoms with van der Waals surface area (Å²) in [5.41, 5.74) is 9.45. The summed E-state index contributed by atoms with van der Waals surface area (Å²) in [6.45, 7) is 18.5. The number of pyridine rings is 1. The Morgan fingerprint density at radius 2 is 1.63 bits per heavy atom. The van der Waals surface area contributed by atoms with Crippen molar-refractivity contribution in [2.24, 2.45) is 23.7 Å². The van der Waals surface area contributed by atoms with E-state index in [0.29, 0.717) is 41.1 Å². The second-order valence-corrected chi connectivity index (χ2v) is 16.2. The zero-order valence-electron chi connectivity index (χ0n) is 33.3. The van der Waals surface area contributed by atoms with E-state index in [4.69, 9.17) is 19.6 Å². The molecule has 54 heavy (non-hydrogen) atoms. The molecule has 0 amide bonds. The molecule has 0 spiro atoms. The fraction of sp³-hybridized carbons (Fsp3) is 0.404. The first-order valence-electron chi connectivity index (χ1n) is 19.5. The summed E-state index contributed by atoms with van der Waals surface area (Å²) in [7, 11) is 1.68. The summed E-state index contributed by atoms with van der Waals surface area (Å²) in [6, 6.07) is 27.8. The Hall–Kier alpha value is -4.15. The fourth-order valence-corrected chi connectivity index (χ4v) is 8.42. The number of para-hydroxylation sites is 1. The number of hydrogen-bond donors (Lipinski definition) is 0. The summed E-state index contributed by atoms with van der Waals surface area (Å²) in [6.07, 6.45) is 9.63. The number of aryl methyl sites for hydroxylation is 2.